The van der Waals surface area contributed by atoms with Crippen molar-refractivity contribution in [1.29, 1.82) is 5.26 Å². The third-order valence-corrected chi connectivity index (χ3v) is 6.71. The van der Waals surface area contributed by atoms with Gasteiger partial charge in [0.2, 0.25) is 15.9 Å². The van der Waals surface area contributed by atoms with Crippen LogP contribution in [0.2, 0.25) is 0 Å². The molecule has 1 N–H and O–H groups in total. The van der Waals surface area contributed by atoms with Gasteiger partial charge < -0.3 is 4.74 Å². The molecule has 0 unspecified atom stereocenters. The SMILES string of the molecule is CCC=CC(=CCC(C)(C)NS(=O)(=O)CC(F)(F)F)c1nn(CC)c(Oc2ccc(C(F)(F)F)cc2)c1C#N. The van der Waals surface area contributed by atoms with Crippen LogP contribution in [0.5, 0.6) is 11.6 Å². The van der Waals surface area contributed by atoms with Gasteiger partial charge in [0.05, 0.1) is 5.56 Å². The van der Waals surface area contributed by atoms with Gasteiger partial charge in [0.15, 0.2) is 5.75 Å². The van der Waals surface area contributed by atoms with Crippen LogP contribution in [0.1, 0.15) is 57.4 Å². The summed E-state index contributed by atoms with van der Waals surface area (Å²) in [6.45, 7) is 6.61. The molecule has 0 amide bonds. The Morgan fingerprint density at radius 3 is 2.23 bits per heavy atom. The van der Waals surface area contributed by atoms with Crippen LogP contribution in [0.4, 0.5) is 26.3 Å². The molecule has 1 heterocycles. The standard InChI is InChI=1S/C25H28F6N4O3S/c1-5-7-8-17(13-14-23(3,4)34-39(36,37)16-24(26,27)28)21-20(15-32)22(35(6-2)33-21)38-19-11-9-18(10-12-19)25(29,30)31/h7-13,34H,5-6,14,16H2,1-4H3. The summed E-state index contributed by atoms with van der Waals surface area (Å²) in [5.74, 6) is -2.01. The average molecular weight is 579 g/mol. The molecule has 2 rings (SSSR count). The van der Waals surface area contributed by atoms with E-state index in [1.54, 1.807) is 19.1 Å². The summed E-state index contributed by atoms with van der Waals surface area (Å²) >= 11 is 0. The van der Waals surface area contributed by atoms with E-state index in [0.717, 1.165) is 24.3 Å². The highest BCUT2D eigenvalue weighted by molar-refractivity contribution is 7.89. The van der Waals surface area contributed by atoms with E-state index in [2.05, 4.69) is 5.10 Å². The van der Waals surface area contributed by atoms with Gasteiger partial charge in [0.25, 0.3) is 0 Å². The van der Waals surface area contributed by atoms with Crippen LogP contribution in [0.15, 0.2) is 42.5 Å². The van der Waals surface area contributed by atoms with Crippen LogP contribution in [-0.2, 0) is 22.7 Å². The molecular weight excluding hydrogens is 550 g/mol. The van der Waals surface area contributed by atoms with Gasteiger partial charge in [-0.05, 0) is 63.5 Å². The molecule has 0 saturated heterocycles. The van der Waals surface area contributed by atoms with E-state index in [4.69, 9.17) is 4.74 Å². The van der Waals surface area contributed by atoms with Gasteiger partial charge >= 0.3 is 12.4 Å². The van der Waals surface area contributed by atoms with Crippen LogP contribution in [0, 0.1) is 11.3 Å². The second-order valence-electron chi connectivity index (χ2n) is 9.11. The fourth-order valence-corrected chi connectivity index (χ4v) is 4.89. The van der Waals surface area contributed by atoms with E-state index in [0.29, 0.717) is 12.0 Å². The molecule has 214 valence electrons. The molecule has 0 spiro atoms. The van der Waals surface area contributed by atoms with E-state index < -0.39 is 39.2 Å². The number of nitrogens with zero attached hydrogens (tertiary/aromatic N) is 3. The van der Waals surface area contributed by atoms with Crippen LogP contribution >= 0.6 is 0 Å². The second kappa shape index (κ2) is 12.3. The quantitative estimate of drug-likeness (QED) is 0.240. The summed E-state index contributed by atoms with van der Waals surface area (Å²) in [6, 6.07) is 5.89. The normalized spacial score (nSPS) is 13.6. The zero-order valence-electron chi connectivity index (χ0n) is 21.6. The highest BCUT2D eigenvalue weighted by Gasteiger charge is 2.37. The third kappa shape index (κ3) is 9.43. The van der Waals surface area contributed by atoms with Crippen molar-refractivity contribution in [2.45, 2.75) is 65.0 Å². The Balaban J connectivity index is 2.47. The number of allylic oxidation sites excluding steroid dienone is 3. The summed E-state index contributed by atoms with van der Waals surface area (Å²) in [5, 5.41) is 14.3. The van der Waals surface area contributed by atoms with Gasteiger partial charge in [-0.25, -0.2) is 17.8 Å². The minimum Gasteiger partial charge on any atom is -0.438 e. The van der Waals surface area contributed by atoms with Crippen LogP contribution in [0.25, 0.3) is 5.57 Å². The Morgan fingerprint density at radius 2 is 1.74 bits per heavy atom. The van der Waals surface area contributed by atoms with E-state index in [9.17, 15) is 40.0 Å². The zero-order chi connectivity index (χ0) is 29.6. The zero-order valence-corrected chi connectivity index (χ0v) is 22.4. The number of nitrogens with one attached hydrogen (secondary N) is 1. The Labute approximate surface area is 222 Å². The highest BCUT2D eigenvalue weighted by Crippen LogP contribution is 2.34. The lowest BCUT2D eigenvalue weighted by atomic mass is 9.98. The summed E-state index contributed by atoms with van der Waals surface area (Å²) in [6.07, 6.45) is -4.01. The number of benzene rings is 1. The van der Waals surface area contributed by atoms with Crippen molar-refractivity contribution in [3.63, 3.8) is 0 Å². The molecule has 0 aliphatic carbocycles. The number of rotatable bonds is 11. The number of aromatic nitrogens is 2. The first-order chi connectivity index (χ1) is 17.9. The van der Waals surface area contributed by atoms with Crippen LogP contribution in [-0.4, -0.2) is 35.7 Å². The van der Waals surface area contributed by atoms with E-state index >= 15 is 0 Å². The lowest BCUT2D eigenvalue weighted by molar-refractivity contribution is -0.137. The number of nitriles is 1. The maximum Gasteiger partial charge on any atom is 0.416 e. The lowest BCUT2D eigenvalue weighted by Crippen LogP contribution is -2.46. The minimum atomic E-state index is -4.91. The summed E-state index contributed by atoms with van der Waals surface area (Å²) < 4.78 is 110. The Kier molecular flexibility index (Phi) is 10.0. The van der Waals surface area contributed by atoms with E-state index in [-0.39, 0.29) is 35.9 Å². The summed E-state index contributed by atoms with van der Waals surface area (Å²) in [4.78, 5) is 0. The fraction of sp³-hybridized carbons (Fsp3) is 0.440. The van der Waals surface area contributed by atoms with Crippen molar-refractivity contribution in [2.24, 2.45) is 0 Å². The Hall–Kier alpha value is -3.31. The largest absolute Gasteiger partial charge is 0.438 e. The molecule has 1 aromatic heterocycles. The first-order valence-corrected chi connectivity index (χ1v) is 13.4. The first-order valence-electron chi connectivity index (χ1n) is 11.7. The summed E-state index contributed by atoms with van der Waals surface area (Å²) in [5.41, 5.74) is -1.70. The average Bonchev–Trinajstić information content (AvgIpc) is 3.13. The monoisotopic (exact) mass is 578 g/mol. The molecule has 0 aliphatic heterocycles. The molecule has 0 radical (unpaired) electrons. The number of hydrogen-bond acceptors (Lipinski definition) is 5. The molecular formula is C25H28F6N4O3S. The van der Waals surface area contributed by atoms with Gasteiger partial charge in [0, 0.05) is 12.1 Å². The van der Waals surface area contributed by atoms with Crippen LogP contribution < -0.4 is 9.46 Å². The second-order valence-corrected chi connectivity index (χ2v) is 10.8. The number of aryl methyl sites for hydroxylation is 1. The molecule has 39 heavy (non-hydrogen) atoms. The van der Waals surface area contributed by atoms with Crippen molar-refractivity contribution >= 4 is 15.6 Å². The molecule has 0 fully saturated rings. The molecule has 0 aliphatic rings. The molecule has 1 aromatic carbocycles. The van der Waals surface area contributed by atoms with Gasteiger partial charge in [-0.2, -0.15) is 36.7 Å². The fourth-order valence-electron chi connectivity index (χ4n) is 3.46. The van der Waals surface area contributed by atoms with Gasteiger partial charge in [-0.15, -0.1) is 0 Å². The number of hydrogen-bond donors (Lipinski definition) is 1. The van der Waals surface area contributed by atoms with Gasteiger partial charge in [-0.1, -0.05) is 25.2 Å². The van der Waals surface area contributed by atoms with Crippen molar-refractivity contribution in [1.82, 2.24) is 14.5 Å². The van der Waals surface area contributed by atoms with Crippen molar-refractivity contribution in [3.05, 3.63) is 59.3 Å². The predicted molar refractivity (Wildman–Crippen MR) is 133 cm³/mol. The Bertz CT molecular complexity index is 1350. The minimum absolute atomic E-state index is 0.0179. The van der Waals surface area contributed by atoms with Gasteiger partial charge in [-0.3, -0.25) is 0 Å². The lowest BCUT2D eigenvalue weighted by Gasteiger charge is -2.25. The Morgan fingerprint density at radius 1 is 1.13 bits per heavy atom. The molecule has 0 saturated carbocycles. The van der Waals surface area contributed by atoms with Crippen molar-refractivity contribution < 1.29 is 39.5 Å². The maximum absolute atomic E-state index is 12.9. The van der Waals surface area contributed by atoms with Crippen molar-refractivity contribution in [3.8, 4) is 17.7 Å². The maximum atomic E-state index is 12.9. The number of halogens is 6. The molecule has 0 atom stereocenters. The molecule has 0 bridgehead atoms. The third-order valence-electron chi connectivity index (χ3n) is 5.14. The molecule has 7 nitrogen and oxygen atoms in total. The predicted octanol–water partition coefficient (Wildman–Crippen LogP) is 6.59. The summed E-state index contributed by atoms with van der Waals surface area (Å²) in [7, 11) is -4.68. The van der Waals surface area contributed by atoms with E-state index in [1.165, 1.54) is 24.6 Å². The van der Waals surface area contributed by atoms with Gasteiger partial charge in [0.1, 0.15) is 23.1 Å². The van der Waals surface area contributed by atoms with E-state index in [1.807, 2.05) is 17.7 Å². The molecule has 14 heteroatoms. The number of alkyl halides is 6. The number of sulfonamides is 1. The topological polar surface area (TPSA) is 97.0 Å². The highest BCUT2D eigenvalue weighted by atomic mass is 32.2. The number of ether oxygens (including phenoxy) is 1. The molecule has 2 aromatic rings. The van der Waals surface area contributed by atoms with Crippen molar-refractivity contribution in [2.75, 3.05) is 5.75 Å². The van der Waals surface area contributed by atoms with Crippen LogP contribution in [0.3, 0.4) is 0 Å². The smallest absolute Gasteiger partial charge is 0.416 e. The first kappa shape index (κ1) is 31.9.